The van der Waals surface area contributed by atoms with E-state index in [9.17, 15) is 24.3 Å². The largest absolute Gasteiger partial charge is 0.465 e. The van der Waals surface area contributed by atoms with Gasteiger partial charge >= 0.3 is 12.2 Å². The summed E-state index contributed by atoms with van der Waals surface area (Å²) in [6.07, 6.45) is 8.16. The zero-order valence-electron chi connectivity index (χ0n) is 36.4. The van der Waals surface area contributed by atoms with Gasteiger partial charge in [-0.25, -0.2) is 19.6 Å². The fraction of sp³-hybridized carbons (Fsp3) is 0.542. The Morgan fingerprint density at radius 3 is 2.11 bits per heavy atom. The molecule has 6 aliphatic rings. The van der Waals surface area contributed by atoms with Gasteiger partial charge in [-0.05, 0) is 130 Å². The van der Waals surface area contributed by atoms with Crippen molar-refractivity contribution in [1.82, 2.24) is 40.0 Å². The van der Waals surface area contributed by atoms with Crippen LogP contribution in [0.2, 0.25) is 0 Å². The lowest BCUT2D eigenvalue weighted by molar-refractivity contribution is -0.142. The van der Waals surface area contributed by atoms with Crippen LogP contribution in [0.5, 0.6) is 0 Å². The first-order valence-corrected chi connectivity index (χ1v) is 23.1. The molecular weight excluding hydrogens is 817 g/mol. The summed E-state index contributed by atoms with van der Waals surface area (Å²) in [4.78, 5) is 75.7. The van der Waals surface area contributed by atoms with Gasteiger partial charge in [-0.3, -0.25) is 14.5 Å². The molecule has 2 saturated carbocycles. The van der Waals surface area contributed by atoms with Crippen LogP contribution in [0.25, 0.3) is 44.0 Å². The molecule has 336 valence electrons. The summed E-state index contributed by atoms with van der Waals surface area (Å²) in [6, 6.07) is 14.6. The molecule has 2 spiro atoms. The van der Waals surface area contributed by atoms with Crippen LogP contribution in [0.3, 0.4) is 0 Å². The van der Waals surface area contributed by atoms with Crippen molar-refractivity contribution in [3.05, 3.63) is 60.2 Å². The number of hydrogen-bond donors (Lipinski definition) is 4. The number of carbonyl (C=O) groups excluding carboxylic acids is 3. The first-order chi connectivity index (χ1) is 31.0. The smallest absolute Gasteiger partial charge is 0.407 e. The van der Waals surface area contributed by atoms with Crippen LogP contribution < -0.4 is 5.32 Å². The molecule has 16 heteroatoms. The van der Waals surface area contributed by atoms with Crippen LogP contribution in [0.15, 0.2) is 48.5 Å². The number of aromatic amines is 2. The number of ether oxygens (including phenoxy) is 3. The van der Waals surface area contributed by atoms with Gasteiger partial charge in [-0.1, -0.05) is 24.3 Å². The Labute approximate surface area is 370 Å². The molecule has 64 heavy (non-hydrogen) atoms. The number of carboxylic acid groups (broad SMARTS) is 1. The van der Waals surface area contributed by atoms with Crippen LogP contribution in [0.4, 0.5) is 9.59 Å². The third-order valence-corrected chi connectivity index (χ3v) is 15.3. The predicted molar refractivity (Wildman–Crippen MR) is 236 cm³/mol. The minimum Gasteiger partial charge on any atom is -0.465 e. The third-order valence-electron chi connectivity index (χ3n) is 15.3. The number of rotatable bonds is 9. The van der Waals surface area contributed by atoms with Gasteiger partial charge < -0.3 is 44.4 Å². The van der Waals surface area contributed by atoms with Crippen LogP contribution >= 0.6 is 0 Å². The Bertz CT molecular complexity index is 2670. The van der Waals surface area contributed by atoms with E-state index in [1.54, 1.807) is 0 Å². The van der Waals surface area contributed by atoms with Gasteiger partial charge in [0.05, 0.1) is 52.5 Å². The molecule has 4 unspecified atom stereocenters. The summed E-state index contributed by atoms with van der Waals surface area (Å²) < 4.78 is 17.0. The van der Waals surface area contributed by atoms with E-state index in [-0.39, 0.29) is 46.9 Å². The summed E-state index contributed by atoms with van der Waals surface area (Å²) in [5.74, 6) is 1.06. The number of imidazole rings is 2. The third kappa shape index (κ3) is 7.31. The molecule has 4 amide bonds. The molecule has 4 N–H and O–H groups in total. The average molecular weight is 873 g/mol. The maximum atomic E-state index is 14.4. The predicted octanol–water partition coefficient (Wildman–Crippen LogP) is 7.21. The van der Waals surface area contributed by atoms with Crippen LogP contribution in [0.1, 0.15) is 101 Å². The van der Waals surface area contributed by atoms with E-state index < -0.39 is 24.3 Å². The molecule has 5 aromatic rings. The Morgan fingerprint density at radius 1 is 0.797 bits per heavy atom. The molecule has 0 radical (unpaired) electrons. The number of methoxy groups -OCH3 is 1. The molecule has 16 nitrogen and oxygen atoms in total. The quantitative estimate of drug-likeness (QED) is 0.118. The molecule has 2 aliphatic carbocycles. The van der Waals surface area contributed by atoms with E-state index in [2.05, 4.69) is 51.7 Å². The van der Waals surface area contributed by atoms with Crippen molar-refractivity contribution in [3.8, 4) is 11.1 Å². The van der Waals surface area contributed by atoms with Crippen molar-refractivity contribution in [2.75, 3.05) is 40.5 Å². The number of carbonyl (C=O) groups is 4. The molecular formula is C48H56N8O8. The average Bonchev–Trinajstić information content (AvgIpc) is 3.83. The number of nitrogens with zero attached hydrogens (tertiary/aromatic N) is 5. The van der Waals surface area contributed by atoms with Gasteiger partial charge in [0.15, 0.2) is 0 Å². The monoisotopic (exact) mass is 872 g/mol. The number of hydrogen-bond acceptors (Lipinski definition) is 9. The van der Waals surface area contributed by atoms with Crippen molar-refractivity contribution in [2.45, 2.75) is 112 Å². The molecule has 6 heterocycles. The minimum atomic E-state index is -1.10. The SMILES string of the molecule is COC(=O)NC(C(=O)N1CCC[C@H]1c1nc2cc(-c3ccc4c(ccc5nc([C@@H]6CCCN6C(=O)C(C6CCOC7(CC7)C6)N(C)C(=O)O)[nH]c54)c3)ccc2[nH]1)C1CCOC2(CC2)C1. The van der Waals surface area contributed by atoms with E-state index in [1.807, 2.05) is 21.9 Å². The molecule has 2 aromatic heterocycles. The molecule has 6 fully saturated rings. The lowest BCUT2D eigenvalue weighted by atomic mass is 9.85. The summed E-state index contributed by atoms with van der Waals surface area (Å²) in [5, 5.41) is 15.0. The van der Waals surface area contributed by atoms with Gasteiger partial charge in [-0.15, -0.1) is 0 Å². The van der Waals surface area contributed by atoms with Crippen molar-refractivity contribution in [2.24, 2.45) is 11.8 Å². The standard InChI is InChI=1S/C48H56N8O8/c1-54(46(60)61)40(31-14-22-64-48(26-31)17-18-48)44(58)56-20-4-6-37(56)42-50-34-12-9-29-23-27(7-10-32(29)39(34)52-42)28-8-11-33-35(24-28)51-41(49-33)36-5-3-19-55(36)43(57)38(53-45(59)62-2)30-13-21-63-47(25-30)15-16-47/h7-12,23-24,30-31,36-38,40H,3-6,13-22,25-26H2,1-2H3,(H,49,51)(H,50,52)(H,53,59)(H,60,61)/t30?,31?,36-,37-,38?,40?/m0/s1. The summed E-state index contributed by atoms with van der Waals surface area (Å²) >= 11 is 0. The van der Waals surface area contributed by atoms with Gasteiger partial charge in [0.25, 0.3) is 0 Å². The van der Waals surface area contributed by atoms with Crippen LogP contribution in [-0.4, -0.2) is 127 Å². The van der Waals surface area contributed by atoms with E-state index in [0.717, 1.165) is 108 Å². The molecule has 4 aliphatic heterocycles. The van der Waals surface area contributed by atoms with Gasteiger partial charge in [0.2, 0.25) is 11.8 Å². The van der Waals surface area contributed by atoms with E-state index >= 15 is 0 Å². The van der Waals surface area contributed by atoms with Gasteiger partial charge in [0, 0.05) is 38.7 Å². The van der Waals surface area contributed by atoms with E-state index in [4.69, 9.17) is 24.2 Å². The maximum Gasteiger partial charge on any atom is 0.407 e. The molecule has 0 bridgehead atoms. The lowest BCUT2D eigenvalue weighted by Gasteiger charge is -2.40. The zero-order chi connectivity index (χ0) is 43.9. The highest BCUT2D eigenvalue weighted by molar-refractivity contribution is 6.05. The number of amides is 4. The molecule has 4 saturated heterocycles. The second-order valence-corrected chi connectivity index (χ2v) is 19.3. The highest BCUT2D eigenvalue weighted by Gasteiger charge is 2.53. The van der Waals surface area contributed by atoms with Crippen LogP contribution in [-0.2, 0) is 23.8 Å². The first kappa shape index (κ1) is 41.0. The Kier molecular flexibility index (Phi) is 10.1. The summed E-state index contributed by atoms with van der Waals surface area (Å²) in [5.41, 5.74) is 5.09. The number of likely N-dealkylation sites (N-methyl/N-ethyl adjacent to an activating group) is 1. The fourth-order valence-electron chi connectivity index (χ4n) is 11.5. The van der Waals surface area contributed by atoms with Gasteiger partial charge in [-0.2, -0.15) is 0 Å². The normalized spacial score (nSPS) is 25.5. The highest BCUT2D eigenvalue weighted by Crippen LogP contribution is 2.51. The van der Waals surface area contributed by atoms with Crippen LogP contribution in [0, 0.1) is 11.8 Å². The second kappa shape index (κ2) is 15.8. The van der Waals surface area contributed by atoms with Gasteiger partial charge in [0.1, 0.15) is 23.7 Å². The number of fused-ring (bicyclic) bond motifs is 4. The first-order valence-electron chi connectivity index (χ1n) is 23.1. The number of H-pyrrole nitrogens is 2. The fourth-order valence-corrected chi connectivity index (χ4v) is 11.5. The summed E-state index contributed by atoms with van der Waals surface area (Å²) in [7, 11) is 2.84. The lowest BCUT2D eigenvalue weighted by Crippen LogP contribution is -2.54. The zero-order valence-corrected chi connectivity index (χ0v) is 36.4. The topological polar surface area (TPSA) is 195 Å². The van der Waals surface area contributed by atoms with E-state index in [0.29, 0.717) is 51.4 Å². The maximum absolute atomic E-state index is 14.4. The Balaban J connectivity index is 0.829. The molecule has 11 rings (SSSR count). The van der Waals surface area contributed by atoms with Crippen molar-refractivity contribution >= 4 is 56.8 Å². The molecule has 3 aromatic carbocycles. The van der Waals surface area contributed by atoms with Crippen molar-refractivity contribution in [1.29, 1.82) is 0 Å². The van der Waals surface area contributed by atoms with E-state index in [1.165, 1.54) is 19.1 Å². The number of likely N-dealkylation sites (tertiary alicyclic amines) is 2. The Morgan fingerprint density at radius 2 is 1.42 bits per heavy atom. The number of nitrogens with one attached hydrogen (secondary N) is 3. The van der Waals surface area contributed by atoms with Crippen molar-refractivity contribution < 1.29 is 38.5 Å². The second-order valence-electron chi connectivity index (χ2n) is 19.3. The number of aromatic nitrogens is 4. The number of alkyl carbamates (subject to hydrolysis) is 1. The highest BCUT2D eigenvalue weighted by atomic mass is 16.5. The Hall–Kier alpha value is -5.74. The van der Waals surface area contributed by atoms with Crippen molar-refractivity contribution in [3.63, 3.8) is 0 Å². The summed E-state index contributed by atoms with van der Waals surface area (Å²) in [6.45, 7) is 2.26. The minimum absolute atomic E-state index is 0.0336. The molecule has 6 atom stereocenters. The number of benzene rings is 3.